The maximum absolute atomic E-state index is 11.5. The summed E-state index contributed by atoms with van der Waals surface area (Å²) in [5, 5.41) is 9.08. The zero-order chi connectivity index (χ0) is 16.0. The van der Waals surface area contributed by atoms with Gasteiger partial charge in [0, 0.05) is 28.3 Å². The van der Waals surface area contributed by atoms with Gasteiger partial charge in [-0.3, -0.25) is 0 Å². The fourth-order valence-electron chi connectivity index (χ4n) is 0.929. The molecule has 0 atom stereocenters. The largest absolute Gasteiger partial charge is 0.780 e. The zero-order valence-electron chi connectivity index (χ0n) is 11.5. The molecule has 0 heterocycles. The van der Waals surface area contributed by atoms with Gasteiger partial charge < -0.3 is 19.0 Å². The summed E-state index contributed by atoms with van der Waals surface area (Å²) in [7, 11) is 1.96. The van der Waals surface area contributed by atoms with E-state index in [1.165, 1.54) is 52.6 Å². The maximum Gasteiger partial charge on any atom is 0.242 e. The predicted octanol–water partition coefficient (Wildman–Crippen LogP) is 0.507. The maximum atomic E-state index is 11.5. The van der Waals surface area contributed by atoms with E-state index in [9.17, 15) is 13.3 Å². The molecule has 0 bridgehead atoms. The Morgan fingerprint density at radius 1 is 1.30 bits per heavy atom. The number of rotatable bonds is 4. The predicted molar refractivity (Wildman–Crippen MR) is 77.3 cm³/mol. The Morgan fingerprint density at radius 3 is 2.10 bits per heavy atom. The first kappa shape index (κ1) is 19.5. The van der Waals surface area contributed by atoms with E-state index in [0.717, 1.165) is 4.31 Å². The molecular formula is C10H17NO6PS2-. The van der Waals surface area contributed by atoms with E-state index in [1.807, 2.05) is 0 Å². The van der Waals surface area contributed by atoms with Crippen molar-refractivity contribution in [2.75, 3.05) is 28.3 Å². The first-order valence-electron chi connectivity index (χ1n) is 5.21. The number of sulfonamides is 1. The molecule has 1 rings (SSSR count). The molecule has 0 saturated carbocycles. The van der Waals surface area contributed by atoms with E-state index in [-0.39, 0.29) is 10.6 Å². The third-order valence-electron chi connectivity index (χ3n) is 2.04. The Hall–Kier alpha value is -0.540. The van der Waals surface area contributed by atoms with Gasteiger partial charge in [-0.05, 0) is 18.2 Å². The van der Waals surface area contributed by atoms with E-state index < -0.39 is 16.7 Å². The lowest BCUT2D eigenvalue weighted by molar-refractivity contribution is -0.201. The van der Waals surface area contributed by atoms with E-state index in [4.69, 9.17) is 5.11 Å². The molecule has 7 nitrogen and oxygen atoms in total. The zero-order valence-corrected chi connectivity index (χ0v) is 14.0. The third-order valence-corrected chi connectivity index (χ3v) is 5.64. The average Bonchev–Trinajstić information content (AvgIpc) is 2.39. The fourth-order valence-corrected chi connectivity index (χ4v) is 2.02. The highest BCUT2D eigenvalue weighted by Gasteiger charge is 2.16. The van der Waals surface area contributed by atoms with Crippen LogP contribution in [0.2, 0.25) is 0 Å². The van der Waals surface area contributed by atoms with Crippen LogP contribution in [0.15, 0.2) is 29.2 Å². The molecular weight excluding hydrogens is 325 g/mol. The first-order valence-corrected chi connectivity index (χ1v) is 9.20. The normalized spacial score (nSPS) is 11.9. The Labute approximate surface area is 124 Å². The number of benzene rings is 1. The smallest absolute Gasteiger partial charge is 0.242 e. The van der Waals surface area contributed by atoms with Gasteiger partial charge in [0.1, 0.15) is 12.5 Å². The Morgan fingerprint density at radius 2 is 1.80 bits per heavy atom. The lowest BCUT2D eigenvalue weighted by Crippen LogP contribution is -2.21. The number of phenolic OH excluding ortho intramolecular Hbond substituents is 1. The number of phenols is 1. The van der Waals surface area contributed by atoms with Gasteiger partial charge >= 0.3 is 0 Å². The molecule has 10 heteroatoms. The van der Waals surface area contributed by atoms with Crippen LogP contribution in [-0.2, 0) is 30.9 Å². The molecule has 0 radical (unpaired) electrons. The van der Waals surface area contributed by atoms with Crippen LogP contribution >= 0.6 is 6.72 Å². The van der Waals surface area contributed by atoms with Gasteiger partial charge in [0.25, 0.3) is 0 Å². The molecule has 0 aliphatic rings. The molecule has 1 N–H and O–H groups in total. The minimum absolute atomic E-state index is 0.0528. The van der Waals surface area contributed by atoms with Gasteiger partial charge in [-0.25, -0.2) is 12.7 Å². The van der Waals surface area contributed by atoms with Gasteiger partial charge in [0.15, 0.2) is 0 Å². The van der Waals surface area contributed by atoms with Crippen molar-refractivity contribution >= 4 is 28.5 Å². The number of nitrogens with zero attached hydrogens (tertiary/aromatic N) is 1. The standard InChI is InChI=1S/C8H11NO3S.C2H7O3PS/c1-9(2)13(11,12)8-5-3-4-7(10)6-8;1-4-6(3,7)5-2/h3-6,10H,1-2H3;1-2H3,(H,3,7)/p-1. The molecule has 20 heavy (non-hydrogen) atoms. The monoisotopic (exact) mass is 342 g/mol. The molecule has 0 unspecified atom stereocenters. The second kappa shape index (κ2) is 8.04. The lowest BCUT2D eigenvalue weighted by Gasteiger charge is -2.21. The van der Waals surface area contributed by atoms with E-state index in [2.05, 4.69) is 20.9 Å². The molecule has 0 aromatic heterocycles. The summed E-state index contributed by atoms with van der Waals surface area (Å²) in [5.74, 6) is -0.0528. The molecule has 116 valence electrons. The molecule has 0 fully saturated rings. The van der Waals surface area contributed by atoms with Crippen LogP contribution in [0, 0.1) is 0 Å². The molecule has 0 aliphatic carbocycles. The summed E-state index contributed by atoms with van der Waals surface area (Å²) in [6.45, 7) is -3.07. The van der Waals surface area contributed by atoms with Crippen molar-refractivity contribution < 1.29 is 27.5 Å². The summed E-state index contributed by atoms with van der Waals surface area (Å²) in [4.78, 5) is 10.4. The van der Waals surface area contributed by atoms with Crippen molar-refractivity contribution in [3.05, 3.63) is 24.3 Å². The van der Waals surface area contributed by atoms with Crippen LogP contribution in [0.1, 0.15) is 0 Å². The molecule has 0 aliphatic heterocycles. The van der Waals surface area contributed by atoms with Crippen molar-refractivity contribution in [2.24, 2.45) is 0 Å². The highest BCUT2D eigenvalue weighted by molar-refractivity contribution is 8.06. The molecule has 1 aromatic rings. The lowest BCUT2D eigenvalue weighted by atomic mass is 10.3. The number of hydrogen-bond acceptors (Lipinski definition) is 7. The van der Waals surface area contributed by atoms with Crippen molar-refractivity contribution in [3.8, 4) is 5.75 Å². The van der Waals surface area contributed by atoms with E-state index in [0.29, 0.717) is 0 Å². The molecule has 0 saturated heterocycles. The van der Waals surface area contributed by atoms with Gasteiger partial charge in [-0.1, -0.05) is 17.9 Å². The number of aromatic hydroxyl groups is 1. The molecule has 1 aromatic carbocycles. The van der Waals surface area contributed by atoms with Gasteiger partial charge in [0.2, 0.25) is 10.0 Å². The molecule has 0 spiro atoms. The summed E-state index contributed by atoms with van der Waals surface area (Å²) < 4.78 is 32.6. The minimum atomic E-state index is -3.43. The minimum Gasteiger partial charge on any atom is -0.780 e. The van der Waals surface area contributed by atoms with Crippen molar-refractivity contribution in [3.63, 3.8) is 0 Å². The number of hydrogen-bond donors (Lipinski definition) is 1. The van der Waals surface area contributed by atoms with Gasteiger partial charge in [-0.2, -0.15) is 0 Å². The summed E-state index contributed by atoms with van der Waals surface area (Å²) in [6, 6.07) is 5.57. The van der Waals surface area contributed by atoms with Crippen LogP contribution in [0.4, 0.5) is 0 Å². The fraction of sp³-hybridized carbons (Fsp3) is 0.400. The topological polar surface area (TPSA) is 99.1 Å². The SMILES string of the molecule is CN(C)S(=O)(=O)c1cccc(O)c1.COP([O-])(=S)OC. The van der Waals surface area contributed by atoms with Crippen molar-refractivity contribution in [2.45, 2.75) is 4.90 Å². The highest BCUT2D eigenvalue weighted by Crippen LogP contribution is 2.35. The third kappa shape index (κ3) is 6.27. The Kier molecular flexibility index (Phi) is 7.82. The second-order valence-corrected chi connectivity index (χ2v) is 8.72. The van der Waals surface area contributed by atoms with E-state index >= 15 is 0 Å². The van der Waals surface area contributed by atoms with Crippen molar-refractivity contribution in [1.82, 2.24) is 4.31 Å². The van der Waals surface area contributed by atoms with Crippen LogP contribution in [0.3, 0.4) is 0 Å². The van der Waals surface area contributed by atoms with Crippen LogP contribution in [0.5, 0.6) is 5.75 Å². The summed E-state index contributed by atoms with van der Waals surface area (Å²) in [6.07, 6.45) is 0. The van der Waals surface area contributed by atoms with Crippen LogP contribution in [0.25, 0.3) is 0 Å². The van der Waals surface area contributed by atoms with Crippen LogP contribution < -0.4 is 4.89 Å². The Bertz CT molecular complexity index is 567. The molecule has 0 amide bonds. The first-order chi connectivity index (χ1) is 9.06. The van der Waals surface area contributed by atoms with Crippen molar-refractivity contribution in [1.29, 1.82) is 0 Å². The van der Waals surface area contributed by atoms with Crippen LogP contribution in [-0.4, -0.2) is 46.1 Å². The average molecular weight is 342 g/mol. The van der Waals surface area contributed by atoms with E-state index in [1.54, 1.807) is 0 Å². The highest BCUT2D eigenvalue weighted by atomic mass is 32.5. The summed E-state index contributed by atoms with van der Waals surface area (Å²) in [5.41, 5.74) is 0. The van der Waals surface area contributed by atoms with Gasteiger partial charge in [-0.15, -0.1) is 0 Å². The van der Waals surface area contributed by atoms with Gasteiger partial charge in [0.05, 0.1) is 4.90 Å². The summed E-state index contributed by atoms with van der Waals surface area (Å²) >= 11 is 4.26. The Balaban J connectivity index is 0.000000441. The second-order valence-electron chi connectivity index (χ2n) is 3.60. The quantitative estimate of drug-likeness (QED) is 0.796.